The van der Waals surface area contributed by atoms with Crippen LogP contribution in [0.2, 0.25) is 0 Å². The number of rotatable bonds is 3. The first-order valence-electron chi connectivity index (χ1n) is 6.20. The Hall–Kier alpha value is -1.36. The lowest BCUT2D eigenvalue weighted by atomic mass is 9.80. The molecule has 5 nitrogen and oxygen atoms in total. The minimum absolute atomic E-state index is 0.216. The van der Waals surface area contributed by atoms with Crippen LogP contribution in [0, 0.1) is 0 Å². The highest BCUT2D eigenvalue weighted by Gasteiger charge is 2.69. The van der Waals surface area contributed by atoms with Crippen molar-refractivity contribution in [2.75, 3.05) is 6.61 Å². The van der Waals surface area contributed by atoms with Crippen LogP contribution in [-0.2, 0) is 19.1 Å². The molecule has 2 rings (SSSR count). The Labute approximate surface area is 106 Å². The van der Waals surface area contributed by atoms with Crippen molar-refractivity contribution in [3.8, 4) is 0 Å². The van der Waals surface area contributed by atoms with E-state index in [1.54, 1.807) is 13.8 Å². The standard InChI is InChI=1S/C13H18O5/c1-4-17-11(15)13-7-5-6-12(13,16)10(8(2)14)9(3)18-13/h16H,4-7H2,1-3H3. The van der Waals surface area contributed by atoms with E-state index < -0.39 is 17.2 Å². The summed E-state index contributed by atoms with van der Waals surface area (Å²) in [6.45, 7) is 4.89. The van der Waals surface area contributed by atoms with E-state index in [0.717, 1.165) is 0 Å². The highest BCUT2D eigenvalue weighted by molar-refractivity contribution is 6.00. The van der Waals surface area contributed by atoms with Crippen LogP contribution in [0.25, 0.3) is 0 Å². The second kappa shape index (κ2) is 4.09. The number of carbonyl (C=O) groups excluding carboxylic acids is 2. The predicted molar refractivity (Wildman–Crippen MR) is 62.6 cm³/mol. The van der Waals surface area contributed by atoms with Gasteiger partial charge in [-0.1, -0.05) is 0 Å². The Bertz CT molecular complexity index is 439. The molecule has 1 N–H and O–H groups in total. The molecule has 1 aliphatic heterocycles. The molecule has 2 unspecified atom stereocenters. The number of aliphatic hydroxyl groups is 1. The highest BCUT2D eigenvalue weighted by atomic mass is 16.6. The molecule has 0 bridgehead atoms. The summed E-state index contributed by atoms with van der Waals surface area (Å²) in [5.74, 6) is -0.513. The van der Waals surface area contributed by atoms with Gasteiger partial charge in [-0.15, -0.1) is 0 Å². The van der Waals surface area contributed by atoms with E-state index in [0.29, 0.717) is 25.0 Å². The van der Waals surface area contributed by atoms with Crippen molar-refractivity contribution in [1.82, 2.24) is 0 Å². The van der Waals surface area contributed by atoms with Crippen molar-refractivity contribution >= 4 is 11.8 Å². The number of hydrogen-bond acceptors (Lipinski definition) is 5. The first-order chi connectivity index (χ1) is 8.39. The van der Waals surface area contributed by atoms with Crippen molar-refractivity contribution in [2.45, 2.75) is 51.2 Å². The third-order valence-electron chi connectivity index (χ3n) is 3.79. The molecule has 2 aliphatic rings. The lowest BCUT2D eigenvalue weighted by Crippen LogP contribution is -2.56. The monoisotopic (exact) mass is 254 g/mol. The summed E-state index contributed by atoms with van der Waals surface area (Å²) in [6, 6.07) is 0. The number of ether oxygens (including phenoxy) is 2. The van der Waals surface area contributed by atoms with Gasteiger partial charge >= 0.3 is 5.97 Å². The maximum Gasteiger partial charge on any atom is 0.353 e. The zero-order valence-electron chi connectivity index (χ0n) is 10.9. The van der Waals surface area contributed by atoms with Gasteiger partial charge in [0.05, 0.1) is 12.2 Å². The number of allylic oxidation sites excluding steroid dienone is 1. The lowest BCUT2D eigenvalue weighted by Gasteiger charge is -2.33. The molecule has 1 heterocycles. The molecule has 18 heavy (non-hydrogen) atoms. The summed E-state index contributed by atoms with van der Waals surface area (Å²) in [4.78, 5) is 23.8. The van der Waals surface area contributed by atoms with Crippen LogP contribution in [0.4, 0.5) is 0 Å². The number of Topliss-reactive ketones (excluding diaryl/α,β-unsaturated/α-hetero) is 1. The van der Waals surface area contributed by atoms with Crippen LogP contribution >= 0.6 is 0 Å². The van der Waals surface area contributed by atoms with Gasteiger partial charge in [-0.3, -0.25) is 4.79 Å². The van der Waals surface area contributed by atoms with E-state index in [-0.39, 0.29) is 18.0 Å². The van der Waals surface area contributed by atoms with E-state index in [9.17, 15) is 14.7 Å². The second-order valence-electron chi connectivity index (χ2n) is 4.85. The zero-order valence-corrected chi connectivity index (χ0v) is 10.9. The number of esters is 1. The van der Waals surface area contributed by atoms with Crippen molar-refractivity contribution in [3.05, 3.63) is 11.3 Å². The molecule has 1 saturated carbocycles. The minimum Gasteiger partial charge on any atom is -0.476 e. The fourth-order valence-corrected chi connectivity index (χ4v) is 3.17. The van der Waals surface area contributed by atoms with Crippen molar-refractivity contribution < 1.29 is 24.2 Å². The van der Waals surface area contributed by atoms with E-state index in [1.807, 2.05) is 0 Å². The number of hydrogen-bond donors (Lipinski definition) is 1. The van der Waals surface area contributed by atoms with Crippen molar-refractivity contribution in [2.24, 2.45) is 0 Å². The lowest BCUT2D eigenvalue weighted by molar-refractivity contribution is -0.180. The summed E-state index contributed by atoms with van der Waals surface area (Å²) in [5, 5.41) is 10.8. The highest BCUT2D eigenvalue weighted by Crippen LogP contribution is 2.53. The molecule has 0 saturated heterocycles. The number of fused-ring (bicyclic) bond motifs is 1. The molecular weight excluding hydrogens is 236 g/mol. The Morgan fingerprint density at radius 1 is 1.44 bits per heavy atom. The predicted octanol–water partition coefficient (Wildman–Crippen LogP) is 1.10. The van der Waals surface area contributed by atoms with Crippen molar-refractivity contribution in [1.29, 1.82) is 0 Å². The largest absolute Gasteiger partial charge is 0.476 e. The fraction of sp³-hybridized carbons (Fsp3) is 0.692. The summed E-state index contributed by atoms with van der Waals surface area (Å²) < 4.78 is 10.6. The first kappa shape index (κ1) is 13.1. The summed E-state index contributed by atoms with van der Waals surface area (Å²) in [7, 11) is 0. The quantitative estimate of drug-likeness (QED) is 0.763. The molecule has 100 valence electrons. The molecule has 0 aromatic rings. The van der Waals surface area contributed by atoms with Gasteiger partial charge in [-0.2, -0.15) is 0 Å². The van der Waals surface area contributed by atoms with Gasteiger partial charge in [-0.05, 0) is 33.6 Å². The Kier molecular flexibility index (Phi) is 2.97. The molecule has 0 radical (unpaired) electrons. The molecule has 5 heteroatoms. The summed E-state index contributed by atoms with van der Waals surface area (Å²) >= 11 is 0. The van der Waals surface area contributed by atoms with Gasteiger partial charge in [0, 0.05) is 6.42 Å². The van der Waals surface area contributed by atoms with Crippen LogP contribution in [-0.4, -0.2) is 34.7 Å². The van der Waals surface area contributed by atoms with Crippen LogP contribution in [0.15, 0.2) is 11.3 Å². The van der Waals surface area contributed by atoms with Gasteiger partial charge < -0.3 is 14.6 Å². The Balaban J connectivity index is 2.47. The van der Waals surface area contributed by atoms with Gasteiger partial charge in [0.15, 0.2) is 5.78 Å². The summed E-state index contributed by atoms with van der Waals surface area (Å²) in [6.07, 6.45) is 1.34. The average molecular weight is 254 g/mol. The molecule has 0 amide bonds. The first-order valence-corrected chi connectivity index (χ1v) is 6.20. The molecule has 1 fully saturated rings. The van der Waals surface area contributed by atoms with E-state index in [4.69, 9.17) is 9.47 Å². The van der Waals surface area contributed by atoms with Crippen LogP contribution < -0.4 is 0 Å². The Morgan fingerprint density at radius 3 is 2.67 bits per heavy atom. The molecule has 1 aliphatic carbocycles. The molecule has 0 aromatic heterocycles. The molecule has 0 aromatic carbocycles. The van der Waals surface area contributed by atoms with Crippen LogP contribution in [0.3, 0.4) is 0 Å². The second-order valence-corrected chi connectivity index (χ2v) is 4.85. The zero-order chi connectivity index (χ0) is 13.6. The van der Waals surface area contributed by atoms with Crippen LogP contribution in [0.1, 0.15) is 40.0 Å². The van der Waals surface area contributed by atoms with Gasteiger partial charge in [0.25, 0.3) is 0 Å². The van der Waals surface area contributed by atoms with Gasteiger partial charge in [-0.25, -0.2) is 4.79 Å². The molecule has 0 spiro atoms. The normalized spacial score (nSPS) is 34.2. The topological polar surface area (TPSA) is 72.8 Å². The molecular formula is C13H18O5. The van der Waals surface area contributed by atoms with E-state index in [2.05, 4.69) is 0 Å². The van der Waals surface area contributed by atoms with E-state index >= 15 is 0 Å². The van der Waals surface area contributed by atoms with Gasteiger partial charge in [0.2, 0.25) is 5.60 Å². The maximum absolute atomic E-state index is 12.1. The van der Waals surface area contributed by atoms with E-state index in [1.165, 1.54) is 6.92 Å². The third kappa shape index (κ3) is 1.43. The fourth-order valence-electron chi connectivity index (χ4n) is 3.17. The van der Waals surface area contributed by atoms with Crippen LogP contribution in [0.5, 0.6) is 0 Å². The third-order valence-corrected chi connectivity index (χ3v) is 3.79. The average Bonchev–Trinajstić information content (AvgIpc) is 2.66. The maximum atomic E-state index is 12.1. The number of ketones is 1. The SMILES string of the molecule is CCOC(=O)C12CCCC1(O)C(C(C)=O)=C(C)O2. The molecule has 2 atom stereocenters. The number of carbonyl (C=O) groups is 2. The van der Waals surface area contributed by atoms with Gasteiger partial charge in [0.1, 0.15) is 11.4 Å². The van der Waals surface area contributed by atoms with Crippen molar-refractivity contribution in [3.63, 3.8) is 0 Å². The smallest absolute Gasteiger partial charge is 0.353 e. The summed E-state index contributed by atoms with van der Waals surface area (Å²) in [5.41, 5.74) is -2.74. The Morgan fingerprint density at radius 2 is 2.11 bits per heavy atom. The minimum atomic E-state index is -1.53.